The molecule has 116 valence electrons. The van der Waals surface area contributed by atoms with Crippen LogP contribution in [0.1, 0.15) is 12.8 Å². The molecule has 20 heavy (non-hydrogen) atoms. The standard InChI is InChI=1S/C12H21ClN2O4S/c13-10-7-20(18,19)8-11(10)14-12(17)5-15-3-1-2-9(4-15)6-16/h9-11,16H,1-8H2,(H,14,17). The summed E-state index contributed by atoms with van der Waals surface area (Å²) in [6.07, 6.45) is 1.95. The number of carbonyl (C=O) groups is 1. The van der Waals surface area contributed by atoms with Crippen LogP contribution in [0.5, 0.6) is 0 Å². The fourth-order valence-electron chi connectivity index (χ4n) is 2.84. The predicted octanol–water partition coefficient (Wildman–Crippen LogP) is -0.789. The van der Waals surface area contributed by atoms with E-state index in [2.05, 4.69) is 5.32 Å². The fourth-order valence-corrected chi connectivity index (χ4v) is 5.39. The molecule has 0 aliphatic carbocycles. The number of hydrogen-bond acceptors (Lipinski definition) is 5. The van der Waals surface area contributed by atoms with Crippen LogP contribution in [-0.4, -0.2) is 73.5 Å². The number of nitrogens with one attached hydrogen (secondary N) is 1. The van der Waals surface area contributed by atoms with Crippen molar-refractivity contribution in [3.63, 3.8) is 0 Å². The first kappa shape index (κ1) is 16.0. The Morgan fingerprint density at radius 3 is 2.75 bits per heavy atom. The van der Waals surface area contributed by atoms with Gasteiger partial charge in [0.1, 0.15) is 0 Å². The summed E-state index contributed by atoms with van der Waals surface area (Å²) < 4.78 is 22.9. The van der Waals surface area contributed by atoms with Gasteiger partial charge in [-0.3, -0.25) is 9.69 Å². The molecule has 0 radical (unpaired) electrons. The van der Waals surface area contributed by atoms with Gasteiger partial charge in [0.05, 0.1) is 29.5 Å². The molecule has 2 fully saturated rings. The molecule has 1 amide bonds. The summed E-state index contributed by atoms with van der Waals surface area (Å²) in [6, 6.07) is -0.493. The van der Waals surface area contributed by atoms with Crippen molar-refractivity contribution in [2.45, 2.75) is 24.3 Å². The number of likely N-dealkylation sites (tertiary alicyclic amines) is 1. The zero-order valence-corrected chi connectivity index (χ0v) is 12.9. The number of carbonyl (C=O) groups excluding carboxylic acids is 1. The van der Waals surface area contributed by atoms with Gasteiger partial charge in [-0.1, -0.05) is 0 Å². The molecular formula is C12H21ClN2O4S. The number of nitrogens with zero attached hydrogens (tertiary/aromatic N) is 1. The van der Waals surface area contributed by atoms with Crippen molar-refractivity contribution in [2.75, 3.05) is 37.7 Å². The lowest BCUT2D eigenvalue weighted by molar-refractivity contribution is -0.123. The summed E-state index contributed by atoms with van der Waals surface area (Å²) in [5.74, 6) is -0.123. The fraction of sp³-hybridized carbons (Fsp3) is 0.917. The summed E-state index contributed by atoms with van der Waals surface area (Å²) in [6.45, 7) is 1.91. The van der Waals surface area contributed by atoms with Crippen LogP contribution < -0.4 is 5.32 Å². The van der Waals surface area contributed by atoms with Gasteiger partial charge in [-0.05, 0) is 25.3 Å². The van der Waals surface area contributed by atoms with Crippen LogP contribution >= 0.6 is 11.6 Å². The first-order valence-electron chi connectivity index (χ1n) is 6.86. The van der Waals surface area contributed by atoms with Crippen LogP contribution in [0.4, 0.5) is 0 Å². The topological polar surface area (TPSA) is 86.7 Å². The Bertz CT molecular complexity index is 456. The third-order valence-corrected chi connectivity index (χ3v) is 6.23. The summed E-state index contributed by atoms with van der Waals surface area (Å²) in [7, 11) is -3.13. The van der Waals surface area contributed by atoms with Gasteiger partial charge >= 0.3 is 0 Å². The van der Waals surface area contributed by atoms with E-state index in [1.165, 1.54) is 0 Å². The molecule has 3 unspecified atom stereocenters. The highest BCUT2D eigenvalue weighted by atomic mass is 35.5. The molecule has 2 N–H and O–H groups in total. The Morgan fingerprint density at radius 2 is 2.15 bits per heavy atom. The highest BCUT2D eigenvalue weighted by Crippen LogP contribution is 2.18. The lowest BCUT2D eigenvalue weighted by Crippen LogP contribution is -2.48. The average Bonchev–Trinajstić information content (AvgIpc) is 2.62. The minimum atomic E-state index is -3.13. The van der Waals surface area contributed by atoms with E-state index in [9.17, 15) is 13.2 Å². The molecule has 8 heteroatoms. The second kappa shape index (κ2) is 6.60. The largest absolute Gasteiger partial charge is 0.396 e. The quantitative estimate of drug-likeness (QED) is 0.662. The number of rotatable bonds is 4. The molecule has 2 aliphatic heterocycles. The smallest absolute Gasteiger partial charge is 0.234 e. The molecule has 0 aromatic carbocycles. The number of halogens is 1. The minimum Gasteiger partial charge on any atom is -0.396 e. The third-order valence-electron chi connectivity index (χ3n) is 3.86. The van der Waals surface area contributed by atoms with Crippen LogP contribution in [-0.2, 0) is 14.6 Å². The Kier molecular flexibility index (Phi) is 5.28. The molecule has 0 aromatic rings. The number of amides is 1. The maximum absolute atomic E-state index is 12.0. The van der Waals surface area contributed by atoms with E-state index in [-0.39, 0.29) is 36.5 Å². The van der Waals surface area contributed by atoms with Gasteiger partial charge in [0.15, 0.2) is 9.84 Å². The summed E-state index contributed by atoms with van der Waals surface area (Å²) in [5, 5.41) is 11.3. The highest BCUT2D eigenvalue weighted by Gasteiger charge is 2.37. The number of piperidine rings is 1. The predicted molar refractivity (Wildman–Crippen MR) is 76.5 cm³/mol. The molecule has 2 aliphatic rings. The first-order valence-corrected chi connectivity index (χ1v) is 9.12. The van der Waals surface area contributed by atoms with Gasteiger partial charge in [-0.15, -0.1) is 11.6 Å². The van der Waals surface area contributed by atoms with Crippen molar-refractivity contribution < 1.29 is 18.3 Å². The van der Waals surface area contributed by atoms with Crippen LogP contribution in [0.15, 0.2) is 0 Å². The van der Waals surface area contributed by atoms with Gasteiger partial charge in [-0.25, -0.2) is 8.42 Å². The average molecular weight is 325 g/mol. The van der Waals surface area contributed by atoms with E-state index in [4.69, 9.17) is 16.7 Å². The second-order valence-corrected chi connectivity index (χ2v) is 8.41. The molecule has 2 saturated heterocycles. The Balaban J connectivity index is 1.81. The summed E-state index contributed by atoms with van der Waals surface area (Å²) in [5.41, 5.74) is 0. The molecule has 6 nitrogen and oxygen atoms in total. The molecule has 0 spiro atoms. The summed E-state index contributed by atoms with van der Waals surface area (Å²) in [4.78, 5) is 13.9. The molecule has 3 atom stereocenters. The third kappa shape index (κ3) is 4.31. The number of hydrogen-bond donors (Lipinski definition) is 2. The van der Waals surface area contributed by atoms with Gasteiger partial charge in [0, 0.05) is 13.2 Å². The highest BCUT2D eigenvalue weighted by molar-refractivity contribution is 7.91. The van der Waals surface area contributed by atoms with E-state index in [0.717, 1.165) is 19.4 Å². The van der Waals surface area contributed by atoms with Crippen molar-refractivity contribution in [3.8, 4) is 0 Å². The zero-order chi connectivity index (χ0) is 14.8. The van der Waals surface area contributed by atoms with Crippen LogP contribution in [0.25, 0.3) is 0 Å². The monoisotopic (exact) mass is 324 g/mol. The van der Waals surface area contributed by atoms with E-state index in [0.29, 0.717) is 6.54 Å². The molecule has 0 saturated carbocycles. The van der Waals surface area contributed by atoms with Gasteiger partial charge < -0.3 is 10.4 Å². The molecular weight excluding hydrogens is 304 g/mol. The lowest BCUT2D eigenvalue weighted by atomic mass is 9.99. The van der Waals surface area contributed by atoms with Crippen molar-refractivity contribution in [1.82, 2.24) is 10.2 Å². The van der Waals surface area contributed by atoms with Gasteiger partial charge in [0.25, 0.3) is 0 Å². The summed E-state index contributed by atoms with van der Waals surface area (Å²) >= 11 is 5.95. The molecule has 0 aromatic heterocycles. The number of sulfone groups is 1. The first-order chi connectivity index (χ1) is 9.39. The molecule has 2 heterocycles. The normalized spacial score (nSPS) is 34.0. The van der Waals surface area contributed by atoms with Crippen molar-refractivity contribution in [3.05, 3.63) is 0 Å². The molecule has 0 bridgehead atoms. The van der Waals surface area contributed by atoms with Crippen LogP contribution in [0, 0.1) is 5.92 Å². The van der Waals surface area contributed by atoms with Gasteiger partial charge in [0.2, 0.25) is 5.91 Å². The number of alkyl halides is 1. The van der Waals surface area contributed by atoms with Crippen LogP contribution in [0.3, 0.4) is 0 Å². The van der Waals surface area contributed by atoms with E-state index in [1.54, 1.807) is 0 Å². The second-order valence-electron chi connectivity index (χ2n) is 5.69. The Morgan fingerprint density at radius 1 is 1.40 bits per heavy atom. The number of aliphatic hydroxyl groups excluding tert-OH is 1. The van der Waals surface area contributed by atoms with Crippen molar-refractivity contribution >= 4 is 27.3 Å². The van der Waals surface area contributed by atoms with E-state index in [1.807, 2.05) is 4.90 Å². The van der Waals surface area contributed by atoms with Gasteiger partial charge in [-0.2, -0.15) is 0 Å². The zero-order valence-electron chi connectivity index (χ0n) is 11.3. The van der Waals surface area contributed by atoms with E-state index < -0.39 is 21.3 Å². The van der Waals surface area contributed by atoms with E-state index >= 15 is 0 Å². The van der Waals surface area contributed by atoms with Crippen LogP contribution in [0.2, 0.25) is 0 Å². The number of aliphatic hydroxyl groups is 1. The molecule has 2 rings (SSSR count). The maximum atomic E-state index is 12.0. The van der Waals surface area contributed by atoms with Crippen molar-refractivity contribution in [2.24, 2.45) is 5.92 Å². The maximum Gasteiger partial charge on any atom is 0.234 e. The Hall–Kier alpha value is -0.370. The lowest BCUT2D eigenvalue weighted by Gasteiger charge is -2.31. The minimum absolute atomic E-state index is 0.0736. The Labute approximate surface area is 124 Å². The SMILES string of the molecule is O=C(CN1CCCC(CO)C1)NC1CS(=O)(=O)CC1Cl. The van der Waals surface area contributed by atoms with Crippen molar-refractivity contribution in [1.29, 1.82) is 0 Å².